The molecule has 1 aromatic heterocycles. The van der Waals surface area contributed by atoms with Crippen molar-refractivity contribution in [2.24, 2.45) is 5.92 Å². The van der Waals surface area contributed by atoms with E-state index < -0.39 is 0 Å². The summed E-state index contributed by atoms with van der Waals surface area (Å²) in [5.41, 5.74) is 2.23. The monoisotopic (exact) mass is 389 g/mol. The lowest BCUT2D eigenvalue weighted by Crippen LogP contribution is -2.17. The summed E-state index contributed by atoms with van der Waals surface area (Å²) in [6.07, 6.45) is 4.81. The SMILES string of the molecule is CCOC(=O)c1c(NC(=O)c2ccccc2SC)sc2c1CC[C@@H](C)C2. The molecule has 0 fully saturated rings. The molecule has 1 N–H and O–H groups in total. The Bertz CT molecular complexity index is 828. The number of hydrogen-bond donors (Lipinski definition) is 1. The highest BCUT2D eigenvalue weighted by atomic mass is 32.2. The van der Waals surface area contributed by atoms with E-state index in [1.807, 2.05) is 24.5 Å². The number of rotatable bonds is 5. The van der Waals surface area contributed by atoms with Crippen LogP contribution in [0.4, 0.5) is 5.00 Å². The molecule has 2 aromatic rings. The quantitative estimate of drug-likeness (QED) is 0.576. The van der Waals surface area contributed by atoms with Gasteiger partial charge in [-0.3, -0.25) is 4.79 Å². The Labute approximate surface area is 162 Å². The van der Waals surface area contributed by atoms with Gasteiger partial charge in [-0.05, 0) is 56.1 Å². The third kappa shape index (κ3) is 3.81. The summed E-state index contributed by atoms with van der Waals surface area (Å²) in [5.74, 6) is 0.0668. The number of amides is 1. The number of thioether (sulfide) groups is 1. The molecule has 6 heteroatoms. The highest BCUT2D eigenvalue weighted by molar-refractivity contribution is 7.98. The molecule has 26 heavy (non-hydrogen) atoms. The van der Waals surface area contributed by atoms with Crippen molar-refractivity contribution < 1.29 is 14.3 Å². The van der Waals surface area contributed by atoms with E-state index >= 15 is 0 Å². The fraction of sp³-hybridized carbons (Fsp3) is 0.400. The van der Waals surface area contributed by atoms with E-state index in [-0.39, 0.29) is 11.9 Å². The van der Waals surface area contributed by atoms with Crippen molar-refractivity contribution in [1.29, 1.82) is 0 Å². The van der Waals surface area contributed by atoms with Gasteiger partial charge >= 0.3 is 5.97 Å². The van der Waals surface area contributed by atoms with Crippen LogP contribution in [0.1, 0.15) is 51.4 Å². The lowest BCUT2D eigenvalue weighted by molar-refractivity contribution is 0.0526. The van der Waals surface area contributed by atoms with Gasteiger partial charge in [0.15, 0.2) is 0 Å². The van der Waals surface area contributed by atoms with Crippen LogP contribution in [0.15, 0.2) is 29.2 Å². The summed E-state index contributed by atoms with van der Waals surface area (Å²) >= 11 is 3.05. The maximum atomic E-state index is 12.8. The zero-order valence-corrected chi connectivity index (χ0v) is 16.9. The van der Waals surface area contributed by atoms with Crippen LogP contribution < -0.4 is 5.32 Å². The standard InChI is InChI=1S/C20H23NO3S2/c1-4-24-20(23)17-13-10-9-12(2)11-16(13)26-19(17)21-18(22)14-7-5-6-8-15(14)25-3/h5-8,12H,4,9-11H2,1-3H3,(H,21,22)/t12-/m1/s1. The summed E-state index contributed by atoms with van der Waals surface area (Å²) in [6, 6.07) is 7.49. The minimum atomic E-state index is -0.340. The molecule has 1 heterocycles. The number of thiophene rings is 1. The minimum Gasteiger partial charge on any atom is -0.462 e. The summed E-state index contributed by atoms with van der Waals surface area (Å²) in [4.78, 5) is 27.5. The van der Waals surface area contributed by atoms with E-state index in [9.17, 15) is 9.59 Å². The molecule has 1 aliphatic rings. The van der Waals surface area contributed by atoms with Crippen LogP contribution in [-0.2, 0) is 17.6 Å². The Morgan fingerprint density at radius 3 is 2.85 bits per heavy atom. The topological polar surface area (TPSA) is 55.4 Å². The molecule has 0 spiro atoms. The molecule has 1 amide bonds. The number of carbonyl (C=O) groups excluding carboxylic acids is 2. The maximum Gasteiger partial charge on any atom is 0.341 e. The minimum absolute atomic E-state index is 0.188. The van der Waals surface area contributed by atoms with Gasteiger partial charge in [0, 0.05) is 9.77 Å². The van der Waals surface area contributed by atoms with Crippen molar-refractivity contribution in [3.05, 3.63) is 45.8 Å². The van der Waals surface area contributed by atoms with E-state index in [1.165, 1.54) is 28.0 Å². The van der Waals surface area contributed by atoms with Gasteiger partial charge in [0.25, 0.3) is 5.91 Å². The highest BCUT2D eigenvalue weighted by Gasteiger charge is 2.29. The number of fused-ring (bicyclic) bond motifs is 1. The van der Waals surface area contributed by atoms with E-state index in [0.29, 0.717) is 28.7 Å². The van der Waals surface area contributed by atoms with Gasteiger partial charge < -0.3 is 10.1 Å². The molecular weight excluding hydrogens is 366 g/mol. The van der Waals surface area contributed by atoms with Gasteiger partial charge in [0.2, 0.25) is 0 Å². The van der Waals surface area contributed by atoms with Crippen LogP contribution in [0.2, 0.25) is 0 Å². The van der Waals surface area contributed by atoms with Crippen molar-refractivity contribution >= 4 is 40.0 Å². The van der Waals surface area contributed by atoms with Crippen LogP contribution in [0, 0.1) is 5.92 Å². The number of hydrogen-bond acceptors (Lipinski definition) is 5. The van der Waals surface area contributed by atoms with E-state index in [1.54, 1.807) is 13.0 Å². The van der Waals surface area contributed by atoms with E-state index in [2.05, 4.69) is 12.2 Å². The van der Waals surface area contributed by atoms with Gasteiger partial charge in [0.05, 0.1) is 17.7 Å². The van der Waals surface area contributed by atoms with Gasteiger partial charge in [-0.2, -0.15) is 0 Å². The van der Waals surface area contributed by atoms with Crippen LogP contribution >= 0.6 is 23.1 Å². The molecular formula is C20H23NO3S2. The van der Waals surface area contributed by atoms with Crippen LogP contribution in [0.3, 0.4) is 0 Å². The first-order chi connectivity index (χ1) is 12.5. The second-order valence-electron chi connectivity index (χ2n) is 6.43. The predicted molar refractivity (Wildman–Crippen MR) is 108 cm³/mol. The molecule has 4 nitrogen and oxygen atoms in total. The molecule has 0 unspecified atom stereocenters. The third-order valence-electron chi connectivity index (χ3n) is 4.57. The van der Waals surface area contributed by atoms with Crippen LogP contribution in [-0.4, -0.2) is 24.7 Å². The summed E-state index contributed by atoms with van der Waals surface area (Å²) < 4.78 is 5.26. The molecule has 3 rings (SSSR count). The Balaban J connectivity index is 1.96. The molecule has 138 valence electrons. The first kappa shape index (κ1) is 19.0. The molecule has 1 atom stereocenters. The lowest BCUT2D eigenvalue weighted by Gasteiger charge is -2.18. The Hall–Kier alpha value is -1.79. The smallest absolute Gasteiger partial charge is 0.341 e. The van der Waals surface area contributed by atoms with Crippen molar-refractivity contribution in [2.75, 3.05) is 18.2 Å². The largest absolute Gasteiger partial charge is 0.462 e. The zero-order valence-electron chi connectivity index (χ0n) is 15.3. The van der Waals surface area contributed by atoms with Gasteiger partial charge in [0.1, 0.15) is 5.00 Å². The summed E-state index contributed by atoms with van der Waals surface area (Å²) in [6.45, 7) is 4.34. The first-order valence-corrected chi connectivity index (χ1v) is 10.8. The molecule has 0 aliphatic heterocycles. The van der Waals surface area contributed by atoms with Crippen LogP contribution in [0.5, 0.6) is 0 Å². The number of carbonyl (C=O) groups is 2. The van der Waals surface area contributed by atoms with Crippen molar-refractivity contribution in [3.8, 4) is 0 Å². The first-order valence-electron chi connectivity index (χ1n) is 8.81. The number of ether oxygens (including phenoxy) is 1. The second kappa shape index (κ2) is 8.27. The molecule has 1 aliphatic carbocycles. The van der Waals surface area contributed by atoms with Gasteiger partial charge in [-0.1, -0.05) is 19.1 Å². The van der Waals surface area contributed by atoms with Gasteiger partial charge in [-0.15, -0.1) is 23.1 Å². The number of esters is 1. The number of benzene rings is 1. The average Bonchev–Trinajstić information content (AvgIpc) is 2.98. The predicted octanol–water partition coefficient (Wildman–Crippen LogP) is 5.02. The highest BCUT2D eigenvalue weighted by Crippen LogP contribution is 2.40. The van der Waals surface area contributed by atoms with Crippen molar-refractivity contribution in [2.45, 2.75) is 38.0 Å². The van der Waals surface area contributed by atoms with Gasteiger partial charge in [-0.25, -0.2) is 4.79 Å². The Morgan fingerprint density at radius 1 is 1.35 bits per heavy atom. The zero-order chi connectivity index (χ0) is 18.7. The normalized spacial score (nSPS) is 16.0. The molecule has 0 radical (unpaired) electrons. The molecule has 0 bridgehead atoms. The molecule has 1 aromatic carbocycles. The Kier molecular flexibility index (Phi) is 6.04. The van der Waals surface area contributed by atoms with Crippen molar-refractivity contribution in [1.82, 2.24) is 0 Å². The van der Waals surface area contributed by atoms with Crippen LogP contribution in [0.25, 0.3) is 0 Å². The average molecular weight is 390 g/mol. The van der Waals surface area contributed by atoms with E-state index in [4.69, 9.17) is 4.74 Å². The fourth-order valence-corrected chi connectivity index (χ4v) is 5.25. The fourth-order valence-electron chi connectivity index (χ4n) is 3.26. The van der Waals surface area contributed by atoms with E-state index in [0.717, 1.165) is 29.7 Å². The van der Waals surface area contributed by atoms with Crippen molar-refractivity contribution in [3.63, 3.8) is 0 Å². The second-order valence-corrected chi connectivity index (χ2v) is 8.38. The summed E-state index contributed by atoms with van der Waals surface area (Å²) in [5, 5.41) is 3.59. The lowest BCUT2D eigenvalue weighted by atomic mass is 9.88. The summed E-state index contributed by atoms with van der Waals surface area (Å²) in [7, 11) is 0. The number of anilines is 1. The maximum absolute atomic E-state index is 12.8. The Morgan fingerprint density at radius 2 is 2.12 bits per heavy atom. The molecule has 0 saturated heterocycles. The molecule has 0 saturated carbocycles. The third-order valence-corrected chi connectivity index (χ3v) is 6.54. The number of nitrogens with one attached hydrogen (secondary N) is 1.